The fourth-order valence-corrected chi connectivity index (χ4v) is 3.56. The summed E-state index contributed by atoms with van der Waals surface area (Å²) in [5.41, 5.74) is 3.16. The van der Waals surface area contributed by atoms with Crippen molar-refractivity contribution in [2.45, 2.75) is 19.9 Å². The van der Waals surface area contributed by atoms with Crippen LogP contribution in [0, 0.1) is 10.1 Å². The fourth-order valence-electron chi connectivity index (χ4n) is 3.56. The molecule has 1 N–H and O–H groups in total. The molecule has 3 aromatic rings. The van der Waals surface area contributed by atoms with Gasteiger partial charge in [0.25, 0.3) is 5.69 Å². The van der Waals surface area contributed by atoms with Crippen LogP contribution in [0.5, 0.6) is 0 Å². The molecule has 0 saturated carbocycles. The zero-order chi connectivity index (χ0) is 19.8. The maximum atomic E-state index is 12.8. The SMILES string of the molecule is CCOC(=O)C1=C(C)Nc2nc3ccccc3n2[C@H]1c1cccc([N+](=O)[O-])c1. The van der Waals surface area contributed by atoms with Gasteiger partial charge in [0.05, 0.1) is 34.2 Å². The smallest absolute Gasteiger partial charge is 0.338 e. The van der Waals surface area contributed by atoms with Gasteiger partial charge in [0, 0.05) is 17.8 Å². The Morgan fingerprint density at radius 3 is 2.82 bits per heavy atom. The molecule has 28 heavy (non-hydrogen) atoms. The number of carbonyl (C=O) groups excluding carboxylic acids is 1. The summed E-state index contributed by atoms with van der Waals surface area (Å²) in [5.74, 6) is 0.107. The average Bonchev–Trinajstić information content (AvgIpc) is 3.04. The molecular formula is C20H18N4O4. The first-order valence-corrected chi connectivity index (χ1v) is 8.87. The number of allylic oxidation sites excluding steroid dienone is 1. The number of hydrogen-bond acceptors (Lipinski definition) is 6. The number of anilines is 1. The van der Waals surface area contributed by atoms with Crippen LogP contribution in [0.2, 0.25) is 0 Å². The van der Waals surface area contributed by atoms with Gasteiger partial charge in [0.15, 0.2) is 0 Å². The molecule has 0 aliphatic carbocycles. The summed E-state index contributed by atoms with van der Waals surface area (Å²) in [4.78, 5) is 28.2. The van der Waals surface area contributed by atoms with E-state index < -0.39 is 16.9 Å². The second-order valence-corrected chi connectivity index (χ2v) is 6.43. The lowest BCUT2D eigenvalue weighted by Gasteiger charge is -2.30. The fraction of sp³-hybridized carbons (Fsp3) is 0.200. The number of non-ortho nitro benzene ring substituents is 1. The molecule has 2 heterocycles. The monoisotopic (exact) mass is 378 g/mol. The number of ether oxygens (including phenoxy) is 1. The van der Waals surface area contributed by atoms with Crippen LogP contribution in [0.25, 0.3) is 11.0 Å². The molecule has 4 rings (SSSR count). The Bertz CT molecular complexity index is 1130. The molecule has 0 fully saturated rings. The highest BCUT2D eigenvalue weighted by molar-refractivity contribution is 5.94. The Kier molecular flexibility index (Phi) is 4.31. The Morgan fingerprint density at radius 2 is 2.07 bits per heavy atom. The van der Waals surface area contributed by atoms with Crippen LogP contribution >= 0.6 is 0 Å². The number of fused-ring (bicyclic) bond motifs is 3. The van der Waals surface area contributed by atoms with Gasteiger partial charge >= 0.3 is 5.97 Å². The van der Waals surface area contributed by atoms with Crippen molar-refractivity contribution in [2.75, 3.05) is 11.9 Å². The second kappa shape index (κ2) is 6.80. The van der Waals surface area contributed by atoms with E-state index in [1.807, 2.05) is 28.8 Å². The van der Waals surface area contributed by atoms with Crippen LogP contribution in [-0.2, 0) is 9.53 Å². The van der Waals surface area contributed by atoms with Crippen molar-refractivity contribution in [1.82, 2.24) is 9.55 Å². The van der Waals surface area contributed by atoms with E-state index in [0.717, 1.165) is 11.0 Å². The maximum absolute atomic E-state index is 12.8. The third-order valence-corrected chi connectivity index (χ3v) is 4.72. The largest absolute Gasteiger partial charge is 0.463 e. The van der Waals surface area contributed by atoms with Gasteiger partial charge in [-0.15, -0.1) is 0 Å². The van der Waals surface area contributed by atoms with Crippen molar-refractivity contribution >= 4 is 28.6 Å². The van der Waals surface area contributed by atoms with E-state index in [1.165, 1.54) is 12.1 Å². The Balaban J connectivity index is 1.99. The molecule has 8 nitrogen and oxygen atoms in total. The molecule has 2 aromatic carbocycles. The molecule has 0 unspecified atom stereocenters. The van der Waals surface area contributed by atoms with Gasteiger partial charge in [0.2, 0.25) is 5.95 Å². The van der Waals surface area contributed by atoms with E-state index in [1.54, 1.807) is 26.0 Å². The number of rotatable bonds is 4. The van der Waals surface area contributed by atoms with E-state index in [9.17, 15) is 14.9 Å². The molecule has 1 aliphatic rings. The molecule has 8 heteroatoms. The number of hydrogen-bond donors (Lipinski definition) is 1. The number of nitrogens with one attached hydrogen (secondary N) is 1. The highest BCUT2D eigenvalue weighted by atomic mass is 16.6. The van der Waals surface area contributed by atoms with Gasteiger partial charge in [-0.3, -0.25) is 14.7 Å². The highest BCUT2D eigenvalue weighted by Crippen LogP contribution is 2.40. The van der Waals surface area contributed by atoms with Crippen molar-refractivity contribution in [3.05, 3.63) is 75.5 Å². The van der Waals surface area contributed by atoms with Crippen molar-refractivity contribution < 1.29 is 14.5 Å². The van der Waals surface area contributed by atoms with Crippen molar-refractivity contribution in [3.63, 3.8) is 0 Å². The summed E-state index contributed by atoms with van der Waals surface area (Å²) in [6.07, 6.45) is 0. The summed E-state index contributed by atoms with van der Waals surface area (Å²) >= 11 is 0. The van der Waals surface area contributed by atoms with E-state index >= 15 is 0 Å². The minimum absolute atomic E-state index is 0.0390. The first-order valence-electron chi connectivity index (χ1n) is 8.87. The third kappa shape index (κ3) is 2.79. The Morgan fingerprint density at radius 1 is 1.29 bits per heavy atom. The molecule has 0 bridgehead atoms. The standard InChI is InChI=1S/C20H18N4O4/c1-3-28-19(25)17-12(2)21-20-22-15-9-4-5-10-16(15)23(20)18(17)13-7-6-8-14(11-13)24(26)27/h4-11,18H,3H2,1-2H3,(H,21,22)/t18-/m0/s1. The topological polar surface area (TPSA) is 99.3 Å². The Hall–Kier alpha value is -3.68. The molecule has 0 radical (unpaired) electrons. The minimum Gasteiger partial charge on any atom is -0.463 e. The number of para-hydroxylation sites is 2. The number of aromatic nitrogens is 2. The van der Waals surface area contributed by atoms with Crippen LogP contribution < -0.4 is 5.32 Å². The number of carbonyl (C=O) groups is 1. The van der Waals surface area contributed by atoms with E-state index in [-0.39, 0.29) is 12.3 Å². The lowest BCUT2D eigenvalue weighted by atomic mass is 9.94. The normalized spacial score (nSPS) is 15.9. The van der Waals surface area contributed by atoms with E-state index in [4.69, 9.17) is 4.74 Å². The Labute approximate surface area is 160 Å². The highest BCUT2D eigenvalue weighted by Gasteiger charge is 2.35. The number of imidazole rings is 1. The number of nitro benzene ring substituents is 1. The average molecular weight is 378 g/mol. The van der Waals surface area contributed by atoms with Crippen LogP contribution in [0.15, 0.2) is 59.8 Å². The van der Waals surface area contributed by atoms with Crippen molar-refractivity contribution in [1.29, 1.82) is 0 Å². The first kappa shape index (κ1) is 17.7. The summed E-state index contributed by atoms with van der Waals surface area (Å²) in [7, 11) is 0. The molecule has 1 aliphatic heterocycles. The number of benzene rings is 2. The predicted molar refractivity (Wildman–Crippen MR) is 104 cm³/mol. The number of nitrogens with zero attached hydrogens (tertiary/aromatic N) is 3. The zero-order valence-corrected chi connectivity index (χ0v) is 15.4. The van der Waals surface area contributed by atoms with Crippen LogP contribution in [0.4, 0.5) is 11.6 Å². The lowest BCUT2D eigenvalue weighted by molar-refractivity contribution is -0.384. The zero-order valence-electron chi connectivity index (χ0n) is 15.4. The van der Waals surface area contributed by atoms with Gasteiger partial charge in [-0.05, 0) is 31.5 Å². The molecular weight excluding hydrogens is 360 g/mol. The molecule has 0 saturated heterocycles. The summed E-state index contributed by atoms with van der Waals surface area (Å²) in [6, 6.07) is 13.3. The van der Waals surface area contributed by atoms with Gasteiger partial charge in [0.1, 0.15) is 0 Å². The van der Waals surface area contributed by atoms with E-state index in [0.29, 0.717) is 22.8 Å². The van der Waals surface area contributed by atoms with Gasteiger partial charge in [-0.25, -0.2) is 9.78 Å². The molecule has 0 amide bonds. The molecule has 142 valence electrons. The van der Waals surface area contributed by atoms with Crippen LogP contribution in [0.3, 0.4) is 0 Å². The summed E-state index contributed by atoms with van der Waals surface area (Å²) < 4.78 is 7.16. The second-order valence-electron chi connectivity index (χ2n) is 6.43. The lowest BCUT2D eigenvalue weighted by Crippen LogP contribution is -2.29. The summed E-state index contributed by atoms with van der Waals surface area (Å²) in [5, 5.41) is 14.5. The van der Waals surface area contributed by atoms with E-state index in [2.05, 4.69) is 10.3 Å². The van der Waals surface area contributed by atoms with Gasteiger partial charge in [-0.2, -0.15) is 0 Å². The summed E-state index contributed by atoms with van der Waals surface area (Å²) in [6.45, 7) is 3.75. The third-order valence-electron chi connectivity index (χ3n) is 4.72. The molecule has 0 spiro atoms. The quantitative estimate of drug-likeness (QED) is 0.421. The first-order chi connectivity index (χ1) is 13.5. The van der Waals surface area contributed by atoms with Crippen LogP contribution in [-0.4, -0.2) is 27.1 Å². The van der Waals surface area contributed by atoms with Crippen LogP contribution in [0.1, 0.15) is 25.5 Å². The number of nitro groups is 1. The predicted octanol–water partition coefficient (Wildman–Crippen LogP) is 3.80. The van der Waals surface area contributed by atoms with Crippen molar-refractivity contribution in [3.8, 4) is 0 Å². The maximum Gasteiger partial charge on any atom is 0.338 e. The molecule has 1 atom stereocenters. The van der Waals surface area contributed by atoms with Crippen molar-refractivity contribution in [2.24, 2.45) is 0 Å². The number of esters is 1. The minimum atomic E-state index is -0.595. The van der Waals surface area contributed by atoms with Gasteiger partial charge < -0.3 is 10.1 Å². The van der Waals surface area contributed by atoms with Gasteiger partial charge in [-0.1, -0.05) is 24.3 Å². The molecule has 1 aromatic heterocycles.